The number of carbonyl (C=O) groups excluding carboxylic acids is 1. The molecule has 0 radical (unpaired) electrons. The summed E-state index contributed by atoms with van der Waals surface area (Å²) in [6.07, 6.45) is 0.636. The molecular weight excluding hydrogens is 364 g/mol. The second-order valence-corrected chi connectivity index (χ2v) is 7.40. The Labute approximate surface area is 165 Å². The molecule has 1 aliphatic rings. The lowest BCUT2D eigenvalue weighted by Crippen LogP contribution is -2.41. The molecular formula is C21H25ClN2O3. The van der Waals surface area contributed by atoms with E-state index in [1.165, 1.54) is 0 Å². The molecule has 2 atom stereocenters. The average molecular weight is 389 g/mol. The monoisotopic (exact) mass is 388 g/mol. The van der Waals surface area contributed by atoms with E-state index < -0.39 is 0 Å². The van der Waals surface area contributed by atoms with Crippen LogP contribution < -0.4 is 14.8 Å². The number of ether oxygens (including phenoxy) is 2. The Kier molecular flexibility index (Phi) is 6.24. The molecule has 5 nitrogen and oxygen atoms in total. The molecule has 2 unspecified atom stereocenters. The molecule has 0 bridgehead atoms. The van der Waals surface area contributed by atoms with Gasteiger partial charge in [-0.2, -0.15) is 0 Å². The van der Waals surface area contributed by atoms with Crippen LogP contribution in [0.25, 0.3) is 0 Å². The Morgan fingerprint density at radius 1 is 1.30 bits per heavy atom. The van der Waals surface area contributed by atoms with Crippen LogP contribution in [0, 0.1) is 5.92 Å². The lowest BCUT2D eigenvalue weighted by atomic mass is 9.95. The van der Waals surface area contributed by atoms with Crippen molar-refractivity contribution in [1.29, 1.82) is 0 Å². The number of benzene rings is 2. The van der Waals surface area contributed by atoms with Gasteiger partial charge in [0.15, 0.2) is 0 Å². The minimum Gasteiger partial charge on any atom is -0.497 e. The molecule has 6 heteroatoms. The molecule has 0 saturated heterocycles. The van der Waals surface area contributed by atoms with Gasteiger partial charge in [0.05, 0.1) is 19.1 Å². The normalized spacial score (nSPS) is 17.0. The van der Waals surface area contributed by atoms with Crippen molar-refractivity contribution in [3.63, 3.8) is 0 Å². The Morgan fingerprint density at radius 2 is 2.04 bits per heavy atom. The van der Waals surface area contributed by atoms with Gasteiger partial charge in [-0.25, -0.2) is 0 Å². The second-order valence-electron chi connectivity index (χ2n) is 6.96. The molecule has 1 N–H and O–H groups in total. The highest BCUT2D eigenvalue weighted by molar-refractivity contribution is 6.30. The Bertz CT molecular complexity index is 793. The number of rotatable bonds is 6. The van der Waals surface area contributed by atoms with E-state index in [0.717, 1.165) is 22.6 Å². The number of nitrogens with one attached hydrogen (secondary N) is 1. The number of carbonyl (C=O) groups is 1. The third-order valence-corrected chi connectivity index (χ3v) is 5.13. The molecule has 1 amide bonds. The van der Waals surface area contributed by atoms with E-state index in [1.807, 2.05) is 50.5 Å². The first-order chi connectivity index (χ1) is 13.0. The van der Waals surface area contributed by atoms with Crippen molar-refractivity contribution in [1.82, 2.24) is 10.2 Å². The van der Waals surface area contributed by atoms with E-state index >= 15 is 0 Å². The average Bonchev–Trinajstić information content (AvgIpc) is 2.67. The van der Waals surface area contributed by atoms with Gasteiger partial charge in [-0.05, 0) is 62.0 Å². The summed E-state index contributed by atoms with van der Waals surface area (Å²) in [7, 11) is 5.66. The quantitative estimate of drug-likeness (QED) is 0.824. The number of nitrogens with zero attached hydrogens (tertiary/aromatic N) is 1. The van der Waals surface area contributed by atoms with Crippen LogP contribution in [-0.2, 0) is 11.2 Å². The molecule has 2 aromatic carbocycles. The highest BCUT2D eigenvalue weighted by Gasteiger charge is 2.27. The topological polar surface area (TPSA) is 50.8 Å². The van der Waals surface area contributed by atoms with Crippen molar-refractivity contribution in [2.75, 3.05) is 34.4 Å². The minimum atomic E-state index is -0.213. The van der Waals surface area contributed by atoms with Crippen LogP contribution in [0.5, 0.6) is 11.5 Å². The number of halogens is 1. The molecule has 27 heavy (non-hydrogen) atoms. The fourth-order valence-electron chi connectivity index (χ4n) is 3.30. The van der Waals surface area contributed by atoms with Gasteiger partial charge in [0, 0.05) is 11.6 Å². The van der Waals surface area contributed by atoms with Gasteiger partial charge in [-0.3, -0.25) is 4.79 Å². The van der Waals surface area contributed by atoms with Gasteiger partial charge in [0.25, 0.3) is 0 Å². The lowest BCUT2D eigenvalue weighted by molar-refractivity contribution is -0.126. The first-order valence-electron chi connectivity index (χ1n) is 8.97. The summed E-state index contributed by atoms with van der Waals surface area (Å²) in [6.45, 7) is 0.909. The zero-order valence-corrected chi connectivity index (χ0v) is 16.6. The fraction of sp³-hybridized carbons (Fsp3) is 0.381. The van der Waals surface area contributed by atoms with Crippen molar-refractivity contribution in [2.24, 2.45) is 5.92 Å². The number of hydrogen-bond acceptors (Lipinski definition) is 4. The summed E-state index contributed by atoms with van der Waals surface area (Å²) in [5, 5.41) is 3.74. The number of fused-ring (bicyclic) bond motifs is 1. The summed E-state index contributed by atoms with van der Waals surface area (Å²) in [5.74, 6) is 1.42. The maximum absolute atomic E-state index is 12.7. The highest BCUT2D eigenvalue weighted by atomic mass is 35.5. The molecule has 0 fully saturated rings. The van der Waals surface area contributed by atoms with Gasteiger partial charge >= 0.3 is 0 Å². The maximum Gasteiger partial charge on any atom is 0.226 e. The van der Waals surface area contributed by atoms with Gasteiger partial charge in [-0.15, -0.1) is 0 Å². The van der Waals surface area contributed by atoms with E-state index in [-0.39, 0.29) is 17.9 Å². The van der Waals surface area contributed by atoms with Crippen molar-refractivity contribution in [3.8, 4) is 11.5 Å². The van der Waals surface area contributed by atoms with Crippen LogP contribution in [0.3, 0.4) is 0 Å². The number of amides is 1. The van der Waals surface area contributed by atoms with E-state index in [0.29, 0.717) is 24.6 Å². The van der Waals surface area contributed by atoms with Gasteiger partial charge in [0.2, 0.25) is 5.91 Å². The zero-order valence-electron chi connectivity index (χ0n) is 15.9. The smallest absolute Gasteiger partial charge is 0.226 e. The van der Waals surface area contributed by atoms with E-state index in [4.69, 9.17) is 21.1 Å². The van der Waals surface area contributed by atoms with Gasteiger partial charge in [-0.1, -0.05) is 23.7 Å². The summed E-state index contributed by atoms with van der Waals surface area (Å²) in [6, 6.07) is 13.5. The molecule has 0 aromatic heterocycles. The van der Waals surface area contributed by atoms with Crippen LogP contribution in [-0.4, -0.2) is 45.2 Å². The summed E-state index contributed by atoms with van der Waals surface area (Å²) in [5.41, 5.74) is 2.10. The molecule has 2 aromatic rings. The molecule has 0 aliphatic carbocycles. The third kappa shape index (κ3) is 4.73. The largest absolute Gasteiger partial charge is 0.497 e. The second kappa shape index (κ2) is 8.63. The number of hydrogen-bond donors (Lipinski definition) is 1. The number of likely N-dealkylation sites (N-methyl/N-ethyl adjacent to an activating group) is 1. The van der Waals surface area contributed by atoms with Crippen LogP contribution in [0.4, 0.5) is 0 Å². The third-order valence-electron chi connectivity index (χ3n) is 4.89. The molecule has 0 spiro atoms. The standard InChI is InChI=1S/C21H25ClN2O3/c1-24(2)19(14-4-7-18(26-3)8-5-14)12-23-21(25)16-10-15-11-17(22)6-9-20(15)27-13-16/h4-9,11,16,19H,10,12-13H2,1-3H3,(H,23,25). The minimum absolute atomic E-state index is 0.000914. The molecule has 1 aliphatic heterocycles. The van der Waals surface area contributed by atoms with Crippen molar-refractivity contribution >= 4 is 17.5 Å². The van der Waals surface area contributed by atoms with Crippen molar-refractivity contribution in [2.45, 2.75) is 12.5 Å². The van der Waals surface area contributed by atoms with Gasteiger partial charge < -0.3 is 19.7 Å². The predicted octanol–water partition coefficient (Wildman–Crippen LogP) is 3.32. The summed E-state index contributed by atoms with van der Waals surface area (Å²) >= 11 is 6.06. The highest BCUT2D eigenvalue weighted by Crippen LogP contribution is 2.30. The van der Waals surface area contributed by atoms with Crippen LogP contribution in [0.15, 0.2) is 42.5 Å². The maximum atomic E-state index is 12.7. The summed E-state index contributed by atoms with van der Waals surface area (Å²) in [4.78, 5) is 14.8. The van der Waals surface area contributed by atoms with Crippen molar-refractivity contribution < 1.29 is 14.3 Å². The number of methoxy groups -OCH3 is 1. The summed E-state index contributed by atoms with van der Waals surface area (Å²) < 4.78 is 11.0. The van der Waals surface area contributed by atoms with Crippen molar-refractivity contribution in [3.05, 3.63) is 58.6 Å². The first kappa shape index (κ1) is 19.5. The van der Waals surface area contributed by atoms with E-state index in [1.54, 1.807) is 13.2 Å². The molecule has 144 valence electrons. The van der Waals surface area contributed by atoms with E-state index in [2.05, 4.69) is 10.2 Å². The van der Waals surface area contributed by atoms with E-state index in [9.17, 15) is 4.79 Å². The van der Waals surface area contributed by atoms with Crippen LogP contribution in [0.2, 0.25) is 5.02 Å². The molecule has 1 heterocycles. The first-order valence-corrected chi connectivity index (χ1v) is 9.35. The Balaban J connectivity index is 1.62. The van der Waals surface area contributed by atoms with Crippen LogP contribution in [0.1, 0.15) is 17.2 Å². The predicted molar refractivity (Wildman–Crippen MR) is 107 cm³/mol. The lowest BCUT2D eigenvalue weighted by Gasteiger charge is -2.28. The van der Waals surface area contributed by atoms with Gasteiger partial charge in [0.1, 0.15) is 18.1 Å². The Hall–Kier alpha value is -2.24. The Morgan fingerprint density at radius 3 is 2.70 bits per heavy atom. The fourth-order valence-corrected chi connectivity index (χ4v) is 3.49. The molecule has 3 rings (SSSR count). The van der Waals surface area contributed by atoms with Crippen LogP contribution >= 0.6 is 11.6 Å². The molecule has 0 saturated carbocycles. The zero-order chi connectivity index (χ0) is 19.4. The SMILES string of the molecule is COc1ccc(C(CNC(=O)C2COc3ccc(Cl)cc3C2)N(C)C)cc1.